The van der Waals surface area contributed by atoms with Crippen molar-refractivity contribution >= 4 is 5.91 Å². The molecule has 0 unspecified atom stereocenters. The lowest BCUT2D eigenvalue weighted by Gasteiger charge is -2.05. The van der Waals surface area contributed by atoms with E-state index in [0.29, 0.717) is 13.2 Å². The first kappa shape index (κ1) is 10.5. The topological polar surface area (TPSA) is 61.6 Å². The first-order valence-electron chi connectivity index (χ1n) is 4.33. The van der Waals surface area contributed by atoms with Gasteiger partial charge in [-0.3, -0.25) is 4.79 Å². The van der Waals surface area contributed by atoms with Crippen LogP contribution < -0.4 is 10.5 Å². The predicted octanol–water partition coefficient (Wildman–Crippen LogP) is 0.567. The maximum atomic E-state index is 10.3. The van der Waals surface area contributed by atoms with E-state index in [1.807, 2.05) is 30.3 Å². The van der Waals surface area contributed by atoms with Crippen LogP contribution in [0, 0.1) is 0 Å². The lowest BCUT2D eigenvalue weighted by atomic mass is 10.3. The van der Waals surface area contributed by atoms with Crippen molar-refractivity contribution in [2.45, 2.75) is 0 Å². The van der Waals surface area contributed by atoms with Crippen molar-refractivity contribution < 1.29 is 14.3 Å². The van der Waals surface area contributed by atoms with Gasteiger partial charge in [-0.25, -0.2) is 0 Å². The number of carbonyl (C=O) groups excluding carboxylic acids is 1. The molecule has 4 heteroatoms. The maximum Gasteiger partial charge on any atom is 0.243 e. The molecule has 0 aliphatic rings. The van der Waals surface area contributed by atoms with Crippen LogP contribution in [0.4, 0.5) is 0 Å². The van der Waals surface area contributed by atoms with E-state index in [1.54, 1.807) is 0 Å². The summed E-state index contributed by atoms with van der Waals surface area (Å²) in [5.74, 6) is 0.319. The lowest BCUT2D eigenvalue weighted by molar-refractivity contribution is -0.122. The van der Waals surface area contributed by atoms with Crippen LogP contribution in [0.25, 0.3) is 0 Å². The Hall–Kier alpha value is -1.55. The third-order valence-electron chi connectivity index (χ3n) is 1.48. The number of para-hydroxylation sites is 1. The van der Waals surface area contributed by atoms with E-state index >= 15 is 0 Å². The minimum absolute atomic E-state index is 0.0574. The van der Waals surface area contributed by atoms with E-state index in [2.05, 4.69) is 0 Å². The van der Waals surface area contributed by atoms with Gasteiger partial charge in [0.15, 0.2) is 0 Å². The number of primary amides is 1. The third kappa shape index (κ3) is 4.47. The molecule has 2 N–H and O–H groups in total. The first-order valence-corrected chi connectivity index (χ1v) is 4.33. The van der Waals surface area contributed by atoms with Crippen molar-refractivity contribution in [1.82, 2.24) is 0 Å². The van der Waals surface area contributed by atoms with Crippen molar-refractivity contribution in [3.8, 4) is 5.75 Å². The lowest BCUT2D eigenvalue weighted by Crippen LogP contribution is -2.20. The molecule has 0 saturated carbocycles. The van der Waals surface area contributed by atoms with Gasteiger partial charge < -0.3 is 15.2 Å². The molecule has 14 heavy (non-hydrogen) atoms. The number of ether oxygens (including phenoxy) is 2. The van der Waals surface area contributed by atoms with Crippen LogP contribution in [-0.2, 0) is 9.53 Å². The number of amides is 1. The molecule has 1 amide bonds. The molecule has 1 aromatic rings. The summed E-state index contributed by atoms with van der Waals surface area (Å²) < 4.78 is 10.2. The highest BCUT2D eigenvalue weighted by Crippen LogP contribution is 2.07. The van der Waals surface area contributed by atoms with E-state index in [1.165, 1.54) is 0 Å². The zero-order chi connectivity index (χ0) is 10.2. The van der Waals surface area contributed by atoms with Gasteiger partial charge in [0, 0.05) is 0 Å². The maximum absolute atomic E-state index is 10.3. The Morgan fingerprint density at radius 2 is 1.93 bits per heavy atom. The second-order valence-corrected chi connectivity index (χ2v) is 2.68. The largest absolute Gasteiger partial charge is 0.491 e. The summed E-state index contributed by atoms with van der Waals surface area (Å²) in [5.41, 5.74) is 4.88. The fourth-order valence-electron chi connectivity index (χ4n) is 0.908. The number of benzene rings is 1. The molecule has 0 aliphatic heterocycles. The molecule has 1 rings (SSSR count). The normalized spacial score (nSPS) is 9.71. The Kier molecular flexibility index (Phi) is 4.50. The van der Waals surface area contributed by atoms with Gasteiger partial charge in [-0.2, -0.15) is 0 Å². The van der Waals surface area contributed by atoms with Gasteiger partial charge in [0.25, 0.3) is 0 Å². The van der Waals surface area contributed by atoms with Gasteiger partial charge >= 0.3 is 0 Å². The molecule has 0 heterocycles. The number of nitrogens with two attached hydrogens (primary N) is 1. The van der Waals surface area contributed by atoms with Crippen molar-refractivity contribution in [2.24, 2.45) is 5.73 Å². The van der Waals surface area contributed by atoms with Crippen LogP contribution in [0.5, 0.6) is 5.75 Å². The molecule has 0 aliphatic carbocycles. The number of hydrogen-bond donors (Lipinski definition) is 1. The van der Waals surface area contributed by atoms with Crippen LogP contribution in [-0.4, -0.2) is 25.7 Å². The summed E-state index contributed by atoms with van der Waals surface area (Å²) in [7, 11) is 0. The quantitative estimate of drug-likeness (QED) is 0.675. The molecule has 76 valence electrons. The average molecular weight is 195 g/mol. The van der Waals surface area contributed by atoms with Gasteiger partial charge in [-0.15, -0.1) is 0 Å². The van der Waals surface area contributed by atoms with Crippen molar-refractivity contribution in [2.75, 3.05) is 19.8 Å². The molecule has 0 spiro atoms. The molecular weight excluding hydrogens is 182 g/mol. The minimum Gasteiger partial charge on any atom is -0.491 e. The van der Waals surface area contributed by atoms with Gasteiger partial charge in [0.05, 0.1) is 6.61 Å². The molecule has 1 aromatic carbocycles. The van der Waals surface area contributed by atoms with Crippen molar-refractivity contribution in [3.05, 3.63) is 30.3 Å². The Balaban J connectivity index is 2.08. The predicted molar refractivity (Wildman–Crippen MR) is 52.0 cm³/mol. The van der Waals surface area contributed by atoms with Gasteiger partial charge in [-0.1, -0.05) is 18.2 Å². The molecule has 0 fully saturated rings. The zero-order valence-electron chi connectivity index (χ0n) is 7.81. The van der Waals surface area contributed by atoms with E-state index in [4.69, 9.17) is 15.2 Å². The fraction of sp³-hybridized carbons (Fsp3) is 0.300. The van der Waals surface area contributed by atoms with E-state index in [0.717, 1.165) is 5.75 Å². The second kappa shape index (κ2) is 5.99. The number of hydrogen-bond acceptors (Lipinski definition) is 3. The van der Waals surface area contributed by atoms with Crippen LogP contribution in [0.1, 0.15) is 0 Å². The monoisotopic (exact) mass is 195 g/mol. The average Bonchev–Trinajstić information content (AvgIpc) is 2.18. The molecule has 0 atom stereocenters. The standard InChI is InChI=1S/C10H13NO3/c11-10(12)8-13-6-7-14-9-4-2-1-3-5-9/h1-5H,6-8H2,(H2,11,12). The Bertz CT molecular complexity index is 274. The fourth-order valence-corrected chi connectivity index (χ4v) is 0.908. The molecule has 0 radical (unpaired) electrons. The molecule has 0 bridgehead atoms. The Morgan fingerprint density at radius 3 is 2.57 bits per heavy atom. The number of rotatable bonds is 6. The highest BCUT2D eigenvalue weighted by atomic mass is 16.5. The highest BCUT2D eigenvalue weighted by molar-refractivity contribution is 5.74. The Labute approximate surface area is 82.6 Å². The van der Waals surface area contributed by atoms with E-state index in [-0.39, 0.29) is 6.61 Å². The van der Waals surface area contributed by atoms with Gasteiger partial charge in [0.2, 0.25) is 5.91 Å². The molecule has 0 aromatic heterocycles. The summed E-state index contributed by atoms with van der Waals surface area (Å²) in [5, 5.41) is 0. The summed E-state index contributed by atoms with van der Waals surface area (Å²) in [6, 6.07) is 9.40. The van der Waals surface area contributed by atoms with Crippen molar-refractivity contribution in [3.63, 3.8) is 0 Å². The number of carbonyl (C=O) groups is 1. The molecule has 4 nitrogen and oxygen atoms in total. The van der Waals surface area contributed by atoms with Gasteiger partial charge in [0.1, 0.15) is 19.0 Å². The van der Waals surface area contributed by atoms with Gasteiger partial charge in [-0.05, 0) is 12.1 Å². The molecular formula is C10H13NO3. The summed E-state index contributed by atoms with van der Waals surface area (Å²) in [6.07, 6.45) is 0. The summed E-state index contributed by atoms with van der Waals surface area (Å²) in [4.78, 5) is 10.3. The second-order valence-electron chi connectivity index (χ2n) is 2.68. The minimum atomic E-state index is -0.468. The SMILES string of the molecule is NC(=O)COCCOc1ccccc1. The first-order chi connectivity index (χ1) is 6.79. The van der Waals surface area contributed by atoms with E-state index < -0.39 is 5.91 Å². The Morgan fingerprint density at radius 1 is 1.21 bits per heavy atom. The smallest absolute Gasteiger partial charge is 0.243 e. The third-order valence-corrected chi connectivity index (χ3v) is 1.48. The van der Waals surface area contributed by atoms with Crippen LogP contribution in [0.15, 0.2) is 30.3 Å². The highest BCUT2D eigenvalue weighted by Gasteiger charge is 1.94. The van der Waals surface area contributed by atoms with Crippen LogP contribution in [0.3, 0.4) is 0 Å². The van der Waals surface area contributed by atoms with Crippen LogP contribution in [0.2, 0.25) is 0 Å². The van der Waals surface area contributed by atoms with E-state index in [9.17, 15) is 4.79 Å². The summed E-state index contributed by atoms with van der Waals surface area (Å²) in [6.45, 7) is 0.716. The van der Waals surface area contributed by atoms with Crippen molar-refractivity contribution in [1.29, 1.82) is 0 Å². The van der Waals surface area contributed by atoms with Crippen LogP contribution >= 0.6 is 0 Å². The summed E-state index contributed by atoms with van der Waals surface area (Å²) >= 11 is 0. The molecule has 0 saturated heterocycles. The zero-order valence-corrected chi connectivity index (χ0v) is 7.81.